The molecule has 5 nitrogen and oxygen atoms in total. The van der Waals surface area contributed by atoms with Crippen molar-refractivity contribution in [2.75, 3.05) is 0 Å². The van der Waals surface area contributed by atoms with E-state index in [1.165, 1.54) is 27.1 Å². The maximum Gasteiger partial charge on any atom is 0.164 e. The van der Waals surface area contributed by atoms with Gasteiger partial charge in [-0.1, -0.05) is 188 Å². The standard InChI is InChI=1S/C62H38N4O/c1-3-16-39(17-4-1)41-30-32-43(33-31-41)60-63-59(42-19-5-2-6-20-42)64-61(65-60)47-23-15-26-52-58(47)49-37-48-46-22-9-12-27-54(46)66(45-35-34-40-18-7-8-21-44(40)36-45)55(48)38-53(49)62(52)50-24-10-13-28-56(50)67-57-29-14-11-25-51(57)62/h1-38H. The second-order valence-electron chi connectivity index (χ2n) is 17.5. The van der Waals surface area contributed by atoms with Crippen LogP contribution in [-0.2, 0) is 5.41 Å². The van der Waals surface area contributed by atoms with Gasteiger partial charge in [-0.15, -0.1) is 0 Å². The van der Waals surface area contributed by atoms with Crippen LogP contribution in [0.1, 0.15) is 22.3 Å². The molecule has 1 aliphatic heterocycles. The highest BCUT2D eigenvalue weighted by Gasteiger charge is 2.52. The molecule has 67 heavy (non-hydrogen) atoms. The van der Waals surface area contributed by atoms with Crippen molar-refractivity contribution in [3.63, 3.8) is 0 Å². The first-order valence-electron chi connectivity index (χ1n) is 22.8. The fourth-order valence-electron chi connectivity index (χ4n) is 11.0. The first-order chi connectivity index (χ1) is 33.2. The van der Waals surface area contributed by atoms with Crippen molar-refractivity contribution in [1.82, 2.24) is 19.5 Å². The summed E-state index contributed by atoms with van der Waals surface area (Å²) in [5, 5.41) is 4.78. The second kappa shape index (κ2) is 14.5. The smallest absolute Gasteiger partial charge is 0.164 e. The van der Waals surface area contributed by atoms with E-state index in [0.29, 0.717) is 17.5 Å². The van der Waals surface area contributed by atoms with E-state index in [-0.39, 0.29) is 0 Å². The largest absolute Gasteiger partial charge is 0.457 e. The fourth-order valence-corrected chi connectivity index (χ4v) is 11.0. The summed E-state index contributed by atoms with van der Waals surface area (Å²) in [6, 6.07) is 82.1. The normalized spacial score (nSPS) is 13.0. The van der Waals surface area contributed by atoms with Crippen molar-refractivity contribution < 1.29 is 4.74 Å². The number of ether oxygens (including phenoxy) is 1. The van der Waals surface area contributed by atoms with Crippen molar-refractivity contribution >= 4 is 32.6 Å². The van der Waals surface area contributed by atoms with Gasteiger partial charge < -0.3 is 9.30 Å². The van der Waals surface area contributed by atoms with Crippen LogP contribution in [0.5, 0.6) is 11.5 Å². The molecule has 5 heteroatoms. The van der Waals surface area contributed by atoms with E-state index in [9.17, 15) is 0 Å². The van der Waals surface area contributed by atoms with E-state index >= 15 is 0 Å². The van der Waals surface area contributed by atoms with Crippen molar-refractivity contribution in [2.45, 2.75) is 5.41 Å². The molecule has 10 aromatic carbocycles. The molecule has 2 aromatic heterocycles. The van der Waals surface area contributed by atoms with Gasteiger partial charge in [-0.3, -0.25) is 0 Å². The molecule has 0 atom stereocenters. The monoisotopic (exact) mass is 854 g/mol. The van der Waals surface area contributed by atoms with Gasteiger partial charge in [-0.05, 0) is 86.6 Å². The third kappa shape index (κ3) is 5.58. The zero-order chi connectivity index (χ0) is 44.1. The average Bonchev–Trinajstić information content (AvgIpc) is 3.88. The van der Waals surface area contributed by atoms with Crippen LogP contribution in [0.2, 0.25) is 0 Å². The summed E-state index contributed by atoms with van der Waals surface area (Å²) >= 11 is 0. The van der Waals surface area contributed by atoms with Gasteiger partial charge in [-0.2, -0.15) is 0 Å². The van der Waals surface area contributed by atoms with E-state index in [1.54, 1.807) is 0 Å². The molecule has 1 aliphatic carbocycles. The Morgan fingerprint density at radius 2 is 0.910 bits per heavy atom. The molecule has 3 heterocycles. The first kappa shape index (κ1) is 37.4. The lowest BCUT2D eigenvalue weighted by atomic mass is 9.66. The lowest BCUT2D eigenvalue weighted by Crippen LogP contribution is -2.32. The molecule has 0 N–H and O–H groups in total. The zero-order valence-corrected chi connectivity index (χ0v) is 36.1. The number of hydrogen-bond donors (Lipinski definition) is 0. The minimum Gasteiger partial charge on any atom is -0.457 e. The summed E-state index contributed by atoms with van der Waals surface area (Å²) in [6.45, 7) is 0. The van der Waals surface area contributed by atoms with Crippen molar-refractivity contribution in [3.05, 3.63) is 253 Å². The molecule has 312 valence electrons. The SMILES string of the molecule is c1ccc(-c2ccc(-c3nc(-c4ccccc4)nc(-c4cccc5c4-c4cc6c7ccccc7n(-c7ccc8ccccc8c7)c6cc4C54c5ccccc5Oc5ccccc54)n3)cc2)cc1. The summed E-state index contributed by atoms with van der Waals surface area (Å²) in [4.78, 5) is 15.9. The van der Waals surface area contributed by atoms with Gasteiger partial charge in [0.05, 0.1) is 16.4 Å². The first-order valence-corrected chi connectivity index (χ1v) is 22.8. The summed E-state index contributed by atoms with van der Waals surface area (Å²) in [5.41, 5.74) is 14.5. The number of nitrogens with zero attached hydrogens (tertiary/aromatic N) is 4. The predicted molar refractivity (Wildman–Crippen MR) is 271 cm³/mol. The minimum absolute atomic E-state index is 0.614. The topological polar surface area (TPSA) is 52.8 Å². The Morgan fingerprint density at radius 1 is 0.343 bits per heavy atom. The number of aromatic nitrogens is 4. The Kier molecular flexibility index (Phi) is 8.13. The third-order valence-electron chi connectivity index (χ3n) is 13.9. The lowest BCUT2D eigenvalue weighted by Gasteiger charge is -2.39. The van der Waals surface area contributed by atoms with E-state index in [0.717, 1.165) is 83.9 Å². The molecule has 0 amide bonds. The fraction of sp³-hybridized carbons (Fsp3) is 0.0161. The number of fused-ring (bicyclic) bond motifs is 13. The molecular formula is C62H38N4O. The maximum atomic E-state index is 6.81. The molecule has 0 saturated heterocycles. The molecule has 12 aromatic rings. The average molecular weight is 855 g/mol. The molecule has 0 saturated carbocycles. The number of hydrogen-bond acceptors (Lipinski definition) is 4. The maximum absolute atomic E-state index is 6.81. The summed E-state index contributed by atoms with van der Waals surface area (Å²) in [7, 11) is 0. The third-order valence-corrected chi connectivity index (χ3v) is 13.9. The Hall–Kier alpha value is -8.93. The molecule has 0 bridgehead atoms. The Labute approximate surface area is 386 Å². The van der Waals surface area contributed by atoms with Gasteiger partial charge in [0.15, 0.2) is 17.5 Å². The van der Waals surface area contributed by atoms with Crippen LogP contribution in [0.4, 0.5) is 0 Å². The quantitative estimate of drug-likeness (QED) is 0.173. The van der Waals surface area contributed by atoms with Crippen LogP contribution in [0, 0.1) is 0 Å². The molecular weight excluding hydrogens is 817 g/mol. The van der Waals surface area contributed by atoms with Crippen LogP contribution in [0.3, 0.4) is 0 Å². The molecule has 0 unspecified atom stereocenters. The Bertz CT molecular complexity index is 3900. The highest BCUT2D eigenvalue weighted by molar-refractivity contribution is 6.13. The van der Waals surface area contributed by atoms with Crippen LogP contribution in [0.15, 0.2) is 231 Å². The van der Waals surface area contributed by atoms with Gasteiger partial charge in [0, 0.05) is 44.3 Å². The molecule has 0 fully saturated rings. The number of benzene rings is 10. The summed E-state index contributed by atoms with van der Waals surface area (Å²) < 4.78 is 9.25. The second-order valence-corrected chi connectivity index (χ2v) is 17.5. The van der Waals surface area contributed by atoms with Gasteiger partial charge in [0.1, 0.15) is 11.5 Å². The van der Waals surface area contributed by atoms with Crippen LogP contribution >= 0.6 is 0 Å². The van der Waals surface area contributed by atoms with Crippen LogP contribution in [0.25, 0.3) is 94.7 Å². The lowest BCUT2D eigenvalue weighted by molar-refractivity contribution is 0.436. The highest BCUT2D eigenvalue weighted by atomic mass is 16.5. The zero-order valence-electron chi connectivity index (χ0n) is 36.1. The van der Waals surface area contributed by atoms with Crippen molar-refractivity contribution in [2.24, 2.45) is 0 Å². The molecule has 14 rings (SSSR count). The number of rotatable bonds is 5. The molecule has 0 radical (unpaired) electrons. The highest BCUT2D eigenvalue weighted by Crippen LogP contribution is 2.64. The van der Waals surface area contributed by atoms with Crippen LogP contribution in [-0.4, -0.2) is 19.5 Å². The van der Waals surface area contributed by atoms with Crippen molar-refractivity contribution in [1.29, 1.82) is 0 Å². The Balaban J connectivity index is 1.08. The van der Waals surface area contributed by atoms with Gasteiger partial charge in [-0.25, -0.2) is 15.0 Å². The molecule has 1 spiro atoms. The minimum atomic E-state index is -0.740. The van der Waals surface area contributed by atoms with E-state index < -0.39 is 5.41 Å². The van der Waals surface area contributed by atoms with Gasteiger partial charge in [0.2, 0.25) is 0 Å². The van der Waals surface area contributed by atoms with E-state index in [2.05, 4.69) is 211 Å². The van der Waals surface area contributed by atoms with Crippen LogP contribution < -0.4 is 4.74 Å². The summed E-state index contributed by atoms with van der Waals surface area (Å²) in [5.74, 6) is 3.53. The van der Waals surface area contributed by atoms with E-state index in [1.807, 2.05) is 24.3 Å². The predicted octanol–water partition coefficient (Wildman–Crippen LogP) is 15.3. The van der Waals surface area contributed by atoms with Gasteiger partial charge >= 0.3 is 0 Å². The Morgan fingerprint density at radius 3 is 1.66 bits per heavy atom. The van der Waals surface area contributed by atoms with E-state index in [4.69, 9.17) is 19.7 Å². The summed E-state index contributed by atoms with van der Waals surface area (Å²) in [6.07, 6.45) is 0. The number of para-hydroxylation sites is 3. The molecule has 2 aliphatic rings. The van der Waals surface area contributed by atoms with Crippen molar-refractivity contribution in [3.8, 4) is 73.6 Å². The van der Waals surface area contributed by atoms with Gasteiger partial charge in [0.25, 0.3) is 0 Å².